The minimum Gasteiger partial charge on any atom is -0.351 e. The first-order valence-corrected chi connectivity index (χ1v) is 7.64. The maximum Gasteiger partial charge on any atom is 0.237 e. The van der Waals surface area contributed by atoms with E-state index in [4.69, 9.17) is 5.73 Å². The highest BCUT2D eigenvalue weighted by molar-refractivity contribution is 5.82. The second-order valence-corrected chi connectivity index (χ2v) is 5.70. The lowest BCUT2D eigenvalue weighted by molar-refractivity contribution is -0.122. The number of nitrogens with two attached hydrogens (primary N) is 1. The van der Waals surface area contributed by atoms with E-state index >= 15 is 0 Å². The van der Waals surface area contributed by atoms with Crippen LogP contribution in [0.4, 0.5) is 0 Å². The number of amides is 1. The largest absolute Gasteiger partial charge is 0.351 e. The molecule has 1 aliphatic rings. The third kappa shape index (κ3) is 3.35. The number of hydrogen-bond donors (Lipinski definition) is 3. The number of rotatable bonds is 4. The third-order valence-corrected chi connectivity index (χ3v) is 4.04. The number of hydrogen-bond acceptors (Lipinski definition) is 3. The fourth-order valence-corrected chi connectivity index (χ4v) is 2.84. The number of benzene rings is 2. The molecule has 4 heteroatoms. The van der Waals surface area contributed by atoms with Gasteiger partial charge in [0.15, 0.2) is 0 Å². The molecule has 1 heterocycles. The predicted molar refractivity (Wildman–Crippen MR) is 88.1 cm³/mol. The molecule has 1 saturated heterocycles. The zero-order chi connectivity index (χ0) is 15.4. The number of carbonyl (C=O) groups is 1. The van der Waals surface area contributed by atoms with E-state index in [0.29, 0.717) is 19.5 Å². The molecule has 4 N–H and O–H groups in total. The zero-order valence-corrected chi connectivity index (χ0v) is 12.5. The summed E-state index contributed by atoms with van der Waals surface area (Å²) in [7, 11) is 0. The smallest absolute Gasteiger partial charge is 0.237 e. The van der Waals surface area contributed by atoms with Gasteiger partial charge < -0.3 is 16.4 Å². The molecule has 0 aromatic heterocycles. The molecule has 1 amide bonds. The second-order valence-electron chi connectivity index (χ2n) is 5.70. The van der Waals surface area contributed by atoms with Gasteiger partial charge in [-0.2, -0.15) is 0 Å². The van der Waals surface area contributed by atoms with Crippen molar-refractivity contribution >= 4 is 5.91 Å². The Morgan fingerprint density at radius 2 is 1.86 bits per heavy atom. The summed E-state index contributed by atoms with van der Waals surface area (Å²) in [5.41, 5.74) is 9.26. The lowest BCUT2D eigenvalue weighted by Crippen LogP contribution is -2.40. The van der Waals surface area contributed by atoms with Crippen molar-refractivity contribution < 1.29 is 4.79 Å². The maximum absolute atomic E-state index is 12.2. The minimum absolute atomic E-state index is 0.0239. The number of carbonyl (C=O) groups excluding carboxylic acids is 1. The van der Waals surface area contributed by atoms with Crippen LogP contribution in [-0.2, 0) is 11.3 Å². The summed E-state index contributed by atoms with van der Waals surface area (Å²) in [6.07, 6.45) is 0.701. The van der Waals surface area contributed by atoms with Gasteiger partial charge in [0, 0.05) is 19.1 Å². The van der Waals surface area contributed by atoms with Gasteiger partial charge in [0.1, 0.15) is 0 Å². The van der Waals surface area contributed by atoms with Crippen molar-refractivity contribution in [2.75, 3.05) is 6.54 Å². The van der Waals surface area contributed by atoms with Crippen LogP contribution in [0.1, 0.15) is 12.0 Å². The average Bonchev–Trinajstić information content (AvgIpc) is 3.00. The molecule has 22 heavy (non-hydrogen) atoms. The van der Waals surface area contributed by atoms with E-state index in [2.05, 4.69) is 34.9 Å². The molecule has 1 aliphatic heterocycles. The van der Waals surface area contributed by atoms with Gasteiger partial charge in [-0.15, -0.1) is 0 Å². The van der Waals surface area contributed by atoms with Crippen molar-refractivity contribution in [1.82, 2.24) is 10.6 Å². The standard InChI is InChI=1S/C18H21N3O/c19-15-10-17(20-12-15)18(22)21-11-14-8-4-5-9-16(14)13-6-2-1-3-7-13/h1-9,15,17,20H,10-12,19H2,(H,21,22). The topological polar surface area (TPSA) is 67.1 Å². The fourth-order valence-electron chi connectivity index (χ4n) is 2.84. The molecule has 0 aliphatic carbocycles. The quantitative estimate of drug-likeness (QED) is 0.803. The van der Waals surface area contributed by atoms with Crippen LogP contribution in [0.2, 0.25) is 0 Å². The summed E-state index contributed by atoms with van der Waals surface area (Å²) in [6.45, 7) is 1.23. The zero-order valence-electron chi connectivity index (χ0n) is 12.5. The van der Waals surface area contributed by atoms with Crippen LogP contribution < -0.4 is 16.4 Å². The van der Waals surface area contributed by atoms with Crippen molar-refractivity contribution in [2.24, 2.45) is 5.73 Å². The van der Waals surface area contributed by atoms with Crippen molar-refractivity contribution in [3.8, 4) is 11.1 Å². The van der Waals surface area contributed by atoms with Crippen LogP contribution in [0.5, 0.6) is 0 Å². The van der Waals surface area contributed by atoms with E-state index in [1.54, 1.807) is 0 Å². The Kier molecular flexibility index (Phi) is 4.51. The molecule has 1 fully saturated rings. The van der Waals surface area contributed by atoms with E-state index in [1.807, 2.05) is 30.3 Å². The van der Waals surface area contributed by atoms with E-state index in [1.165, 1.54) is 0 Å². The molecule has 2 aromatic rings. The molecule has 0 radical (unpaired) electrons. The fraction of sp³-hybridized carbons (Fsp3) is 0.278. The van der Waals surface area contributed by atoms with Gasteiger partial charge in [0.05, 0.1) is 6.04 Å². The van der Waals surface area contributed by atoms with E-state index in [9.17, 15) is 4.79 Å². The molecular weight excluding hydrogens is 274 g/mol. The van der Waals surface area contributed by atoms with Crippen molar-refractivity contribution in [3.63, 3.8) is 0 Å². The molecule has 2 aromatic carbocycles. The molecule has 4 nitrogen and oxygen atoms in total. The SMILES string of the molecule is NC1CNC(C(=O)NCc2ccccc2-c2ccccc2)C1. The molecule has 0 bridgehead atoms. The lowest BCUT2D eigenvalue weighted by Gasteiger charge is -2.14. The Hall–Kier alpha value is -2.17. The summed E-state index contributed by atoms with van der Waals surface area (Å²) in [4.78, 5) is 12.2. The Bertz CT molecular complexity index is 642. The van der Waals surface area contributed by atoms with Crippen LogP contribution in [0, 0.1) is 0 Å². The highest BCUT2D eigenvalue weighted by Crippen LogP contribution is 2.23. The summed E-state index contributed by atoms with van der Waals surface area (Å²) in [5.74, 6) is 0.0239. The highest BCUT2D eigenvalue weighted by atomic mass is 16.2. The van der Waals surface area contributed by atoms with Gasteiger partial charge in [-0.25, -0.2) is 0 Å². The molecule has 3 rings (SSSR count). The first-order valence-electron chi connectivity index (χ1n) is 7.64. The van der Waals surface area contributed by atoms with Crippen molar-refractivity contribution in [1.29, 1.82) is 0 Å². The maximum atomic E-state index is 12.2. The summed E-state index contributed by atoms with van der Waals surface area (Å²) in [5, 5.41) is 6.17. The first-order chi connectivity index (χ1) is 10.7. The van der Waals surface area contributed by atoms with Crippen molar-refractivity contribution in [3.05, 3.63) is 60.2 Å². The van der Waals surface area contributed by atoms with Crippen LogP contribution in [0.15, 0.2) is 54.6 Å². The van der Waals surface area contributed by atoms with Crippen LogP contribution in [-0.4, -0.2) is 24.5 Å². The van der Waals surface area contributed by atoms with Gasteiger partial charge in [-0.05, 0) is 23.1 Å². The number of nitrogens with one attached hydrogen (secondary N) is 2. The Morgan fingerprint density at radius 1 is 1.14 bits per heavy atom. The molecular formula is C18H21N3O. The molecule has 0 saturated carbocycles. The molecule has 114 valence electrons. The Morgan fingerprint density at radius 3 is 2.59 bits per heavy atom. The summed E-state index contributed by atoms with van der Waals surface area (Å²) >= 11 is 0. The van der Waals surface area contributed by atoms with Crippen LogP contribution in [0.3, 0.4) is 0 Å². The molecule has 2 unspecified atom stereocenters. The van der Waals surface area contributed by atoms with Crippen LogP contribution in [0.25, 0.3) is 11.1 Å². The monoisotopic (exact) mass is 295 g/mol. The summed E-state index contributed by atoms with van der Waals surface area (Å²) in [6, 6.07) is 18.3. The predicted octanol–water partition coefficient (Wildman–Crippen LogP) is 1.66. The van der Waals surface area contributed by atoms with Crippen molar-refractivity contribution in [2.45, 2.75) is 25.0 Å². The first kappa shape index (κ1) is 14.8. The average molecular weight is 295 g/mol. The Labute approximate surface area is 130 Å². The second kappa shape index (κ2) is 6.73. The minimum atomic E-state index is -0.168. The highest BCUT2D eigenvalue weighted by Gasteiger charge is 2.26. The van der Waals surface area contributed by atoms with Gasteiger partial charge in [-0.1, -0.05) is 54.6 Å². The third-order valence-electron chi connectivity index (χ3n) is 4.04. The molecule has 2 atom stereocenters. The normalized spacial score (nSPS) is 20.8. The van der Waals surface area contributed by atoms with Crippen LogP contribution >= 0.6 is 0 Å². The summed E-state index contributed by atoms with van der Waals surface area (Å²) < 4.78 is 0. The molecule has 0 spiro atoms. The lowest BCUT2D eigenvalue weighted by atomic mass is 9.99. The van der Waals surface area contributed by atoms with Gasteiger partial charge in [0.2, 0.25) is 5.91 Å². The van der Waals surface area contributed by atoms with E-state index in [-0.39, 0.29) is 18.0 Å². The van der Waals surface area contributed by atoms with Gasteiger partial charge >= 0.3 is 0 Å². The Balaban J connectivity index is 1.69. The van der Waals surface area contributed by atoms with Gasteiger partial charge in [-0.3, -0.25) is 4.79 Å². The van der Waals surface area contributed by atoms with Gasteiger partial charge in [0.25, 0.3) is 0 Å². The van der Waals surface area contributed by atoms with E-state index < -0.39 is 0 Å². The van der Waals surface area contributed by atoms with E-state index in [0.717, 1.165) is 16.7 Å².